The number of nitro benzene ring substituents is 1. The highest BCUT2D eigenvalue weighted by Gasteiger charge is 2.21. The molecule has 0 aliphatic heterocycles. The number of hydrogen-bond donors (Lipinski definition) is 0. The zero-order valence-electron chi connectivity index (χ0n) is 19.4. The number of methoxy groups -OCH3 is 1. The van der Waals surface area contributed by atoms with Crippen LogP contribution in [0.4, 0.5) is 11.4 Å². The highest BCUT2D eigenvalue weighted by Crippen LogP contribution is 2.24. The summed E-state index contributed by atoms with van der Waals surface area (Å²) in [6.07, 6.45) is 0. The number of para-hydroxylation sites is 1. The molecule has 1 aromatic heterocycles. The van der Waals surface area contributed by atoms with E-state index in [-0.39, 0.29) is 16.1 Å². The minimum absolute atomic E-state index is 0.0368. The van der Waals surface area contributed by atoms with Gasteiger partial charge in [0.15, 0.2) is 4.80 Å². The van der Waals surface area contributed by atoms with Crippen molar-refractivity contribution in [2.45, 2.75) is 11.4 Å². The van der Waals surface area contributed by atoms with Crippen LogP contribution in [0.2, 0.25) is 0 Å². The van der Waals surface area contributed by atoms with Gasteiger partial charge in [-0.1, -0.05) is 29.5 Å². The van der Waals surface area contributed by atoms with Gasteiger partial charge in [0, 0.05) is 38.4 Å². The molecule has 186 valence electrons. The number of carbonyl (C=O) groups is 1. The maximum absolute atomic E-state index is 13.0. The molecular weight excluding hydrogens is 504 g/mol. The van der Waals surface area contributed by atoms with Crippen LogP contribution in [0.25, 0.3) is 10.2 Å². The third-order valence-corrected chi connectivity index (χ3v) is 8.33. The summed E-state index contributed by atoms with van der Waals surface area (Å²) in [6, 6.07) is 18.7. The van der Waals surface area contributed by atoms with E-state index in [0.717, 1.165) is 4.70 Å². The lowest BCUT2D eigenvalue weighted by atomic mass is 10.2. The topological polar surface area (TPSA) is 124 Å². The molecule has 0 unspecified atom stereocenters. The van der Waals surface area contributed by atoms with E-state index in [0.29, 0.717) is 29.2 Å². The van der Waals surface area contributed by atoms with Gasteiger partial charge in [0.1, 0.15) is 0 Å². The molecule has 4 rings (SSSR count). The first-order chi connectivity index (χ1) is 17.2. The van der Waals surface area contributed by atoms with Crippen molar-refractivity contribution >= 4 is 48.9 Å². The lowest BCUT2D eigenvalue weighted by Gasteiger charge is -2.19. The summed E-state index contributed by atoms with van der Waals surface area (Å²) < 4.78 is 34.7. The monoisotopic (exact) mass is 526 g/mol. The number of amides is 1. The summed E-state index contributed by atoms with van der Waals surface area (Å²) in [5, 5.41) is 11.2. The van der Waals surface area contributed by atoms with Crippen LogP contribution in [0, 0.1) is 10.1 Å². The minimum Gasteiger partial charge on any atom is -0.383 e. The molecule has 12 heteroatoms. The van der Waals surface area contributed by atoms with Crippen molar-refractivity contribution in [3.63, 3.8) is 0 Å². The number of anilines is 1. The second kappa shape index (κ2) is 10.4. The van der Waals surface area contributed by atoms with Crippen molar-refractivity contribution in [3.8, 4) is 0 Å². The Morgan fingerprint density at radius 1 is 1.11 bits per heavy atom. The maximum Gasteiger partial charge on any atom is 0.279 e. The van der Waals surface area contributed by atoms with E-state index in [1.54, 1.807) is 41.0 Å². The predicted molar refractivity (Wildman–Crippen MR) is 137 cm³/mol. The number of benzene rings is 3. The van der Waals surface area contributed by atoms with Gasteiger partial charge in [0.2, 0.25) is 0 Å². The van der Waals surface area contributed by atoms with Crippen LogP contribution in [0.15, 0.2) is 82.7 Å². The largest absolute Gasteiger partial charge is 0.383 e. The van der Waals surface area contributed by atoms with Crippen LogP contribution in [0.1, 0.15) is 10.4 Å². The number of rotatable bonds is 8. The Kier molecular flexibility index (Phi) is 7.29. The van der Waals surface area contributed by atoms with Gasteiger partial charge in [-0.2, -0.15) is 4.99 Å². The Hall–Kier alpha value is -3.87. The van der Waals surface area contributed by atoms with Crippen LogP contribution in [0.3, 0.4) is 0 Å². The van der Waals surface area contributed by atoms with Crippen molar-refractivity contribution in [1.29, 1.82) is 0 Å². The van der Waals surface area contributed by atoms with E-state index in [1.165, 1.54) is 66.2 Å². The first-order valence-corrected chi connectivity index (χ1v) is 13.0. The third-order valence-electron chi connectivity index (χ3n) is 5.47. The summed E-state index contributed by atoms with van der Waals surface area (Å²) in [5.74, 6) is -0.567. The number of nitro groups is 1. The Morgan fingerprint density at radius 3 is 2.44 bits per heavy atom. The smallest absolute Gasteiger partial charge is 0.279 e. The number of aromatic nitrogens is 1. The van der Waals surface area contributed by atoms with Crippen molar-refractivity contribution in [1.82, 2.24) is 4.57 Å². The zero-order chi connectivity index (χ0) is 25.9. The van der Waals surface area contributed by atoms with Crippen LogP contribution in [-0.4, -0.2) is 44.6 Å². The number of non-ortho nitro benzene ring substituents is 1. The standard InChI is InChI=1S/C24H22N4O6S2/c1-26(18-6-4-3-5-7-18)36(32,33)20-11-8-17(9-12-20)23(29)25-24-27(14-15-34-2)21-16-19(28(30)31)10-13-22(21)35-24/h3-13,16H,14-15H2,1-2H3. The third kappa shape index (κ3) is 5.05. The van der Waals surface area contributed by atoms with Gasteiger partial charge in [-0.15, -0.1) is 0 Å². The van der Waals surface area contributed by atoms with Crippen LogP contribution >= 0.6 is 11.3 Å². The summed E-state index contributed by atoms with van der Waals surface area (Å²) in [7, 11) is -0.824. The lowest BCUT2D eigenvalue weighted by molar-refractivity contribution is -0.384. The molecule has 0 fully saturated rings. The van der Waals surface area contributed by atoms with Crippen LogP contribution in [0.5, 0.6) is 0 Å². The Bertz CT molecular complexity index is 1590. The molecule has 10 nitrogen and oxygen atoms in total. The molecule has 36 heavy (non-hydrogen) atoms. The number of carbonyl (C=O) groups excluding carboxylic acids is 1. The molecule has 0 bridgehead atoms. The van der Waals surface area contributed by atoms with Gasteiger partial charge in [-0.3, -0.25) is 19.2 Å². The fraction of sp³-hybridized carbons (Fsp3) is 0.167. The molecule has 0 atom stereocenters. The second-order valence-electron chi connectivity index (χ2n) is 7.69. The molecule has 0 aliphatic rings. The van der Waals surface area contributed by atoms with Gasteiger partial charge >= 0.3 is 0 Å². The van der Waals surface area contributed by atoms with Gasteiger partial charge in [-0.05, 0) is 42.5 Å². The lowest BCUT2D eigenvalue weighted by Crippen LogP contribution is -2.26. The maximum atomic E-state index is 13.0. The van der Waals surface area contributed by atoms with E-state index >= 15 is 0 Å². The Morgan fingerprint density at radius 2 is 1.81 bits per heavy atom. The second-order valence-corrected chi connectivity index (χ2v) is 10.7. The van der Waals surface area contributed by atoms with Crippen LogP contribution in [-0.2, 0) is 21.3 Å². The van der Waals surface area contributed by atoms with Crippen molar-refractivity contribution in [3.05, 3.63) is 93.3 Å². The van der Waals surface area contributed by atoms with E-state index in [4.69, 9.17) is 4.74 Å². The average molecular weight is 527 g/mol. The molecule has 0 saturated carbocycles. The number of sulfonamides is 1. The average Bonchev–Trinajstić information content (AvgIpc) is 3.23. The van der Waals surface area contributed by atoms with E-state index in [2.05, 4.69) is 4.99 Å². The van der Waals surface area contributed by atoms with Crippen LogP contribution < -0.4 is 9.11 Å². The molecule has 0 radical (unpaired) electrons. The van der Waals surface area contributed by atoms with E-state index < -0.39 is 20.9 Å². The molecule has 0 saturated heterocycles. The molecule has 3 aromatic carbocycles. The summed E-state index contributed by atoms with van der Waals surface area (Å²) in [5.41, 5.74) is 1.22. The fourth-order valence-corrected chi connectivity index (χ4v) is 5.74. The summed E-state index contributed by atoms with van der Waals surface area (Å²) >= 11 is 1.22. The SMILES string of the molecule is COCCn1c(=NC(=O)c2ccc(S(=O)(=O)N(C)c3ccccc3)cc2)sc2ccc([N+](=O)[O-])cc21. The Balaban J connectivity index is 1.67. The molecule has 4 aromatic rings. The molecule has 1 heterocycles. The van der Waals surface area contributed by atoms with Gasteiger partial charge in [0.05, 0.1) is 32.3 Å². The highest BCUT2D eigenvalue weighted by atomic mass is 32.2. The van der Waals surface area contributed by atoms with Crippen molar-refractivity contribution in [2.24, 2.45) is 4.99 Å². The molecule has 0 N–H and O–H groups in total. The fourth-order valence-electron chi connectivity index (χ4n) is 3.51. The Labute approximate surface area is 210 Å². The van der Waals surface area contributed by atoms with Crippen molar-refractivity contribution < 1.29 is 22.9 Å². The first-order valence-electron chi connectivity index (χ1n) is 10.7. The molecule has 0 aliphatic carbocycles. The minimum atomic E-state index is -3.82. The van der Waals surface area contributed by atoms with E-state index in [1.807, 2.05) is 0 Å². The van der Waals surface area contributed by atoms with Crippen molar-refractivity contribution in [2.75, 3.05) is 25.1 Å². The zero-order valence-corrected chi connectivity index (χ0v) is 21.0. The highest BCUT2D eigenvalue weighted by molar-refractivity contribution is 7.92. The van der Waals surface area contributed by atoms with Gasteiger partial charge < -0.3 is 9.30 Å². The molecule has 0 spiro atoms. The normalized spacial score (nSPS) is 12.1. The number of fused-ring (bicyclic) bond motifs is 1. The summed E-state index contributed by atoms with van der Waals surface area (Å²) in [6.45, 7) is 0.657. The number of nitrogens with zero attached hydrogens (tertiary/aromatic N) is 4. The first kappa shape index (κ1) is 25.2. The molecule has 1 amide bonds. The number of ether oxygens (including phenoxy) is 1. The van der Waals surface area contributed by atoms with E-state index in [9.17, 15) is 23.3 Å². The number of thiazole rings is 1. The van der Waals surface area contributed by atoms with Gasteiger partial charge in [0.25, 0.3) is 21.6 Å². The quantitative estimate of drug-likeness (QED) is 0.254. The number of hydrogen-bond acceptors (Lipinski definition) is 7. The van der Waals surface area contributed by atoms with Gasteiger partial charge in [-0.25, -0.2) is 8.42 Å². The molecular formula is C24H22N4O6S2. The summed E-state index contributed by atoms with van der Waals surface area (Å²) in [4.78, 5) is 28.3. The predicted octanol–water partition coefficient (Wildman–Crippen LogP) is 3.82.